The molecule has 1 aromatic rings. The second-order valence-electron chi connectivity index (χ2n) is 4.33. The lowest BCUT2D eigenvalue weighted by atomic mass is 10.2. The summed E-state index contributed by atoms with van der Waals surface area (Å²) in [7, 11) is 1.22. The van der Waals surface area contributed by atoms with E-state index in [2.05, 4.69) is 61.6 Å². The van der Waals surface area contributed by atoms with Crippen molar-refractivity contribution in [3.8, 4) is 5.75 Å². The second-order valence-corrected chi connectivity index (χ2v) is 6.20. The predicted molar refractivity (Wildman–Crippen MR) is 73.2 cm³/mol. The zero-order valence-corrected chi connectivity index (χ0v) is 13.4. The van der Waals surface area contributed by atoms with Crippen LogP contribution < -0.4 is 4.74 Å². The zero-order chi connectivity index (χ0) is 10.8. The molecule has 0 heterocycles. The first-order valence-electron chi connectivity index (χ1n) is 4.90. The second kappa shape index (κ2) is 4.66. The van der Waals surface area contributed by atoms with E-state index in [-0.39, 0.29) is 5.60 Å². The number of halogens is 1. The van der Waals surface area contributed by atoms with Crippen LogP contribution in [0.25, 0.3) is 0 Å². The average Bonchev–Trinajstić information content (AvgIpc) is 2.06. The number of hydrogen-bond acceptors (Lipinski definition) is 1. The quantitative estimate of drug-likeness (QED) is 0.600. The van der Waals surface area contributed by atoms with Crippen molar-refractivity contribution < 1.29 is 4.74 Å². The summed E-state index contributed by atoms with van der Waals surface area (Å²) in [6, 6.07) is 7.68. The van der Waals surface area contributed by atoms with Gasteiger partial charge in [0.25, 0.3) is 0 Å². The molecule has 1 aromatic carbocycles. The van der Waals surface area contributed by atoms with Gasteiger partial charge in [0, 0.05) is 10.2 Å². The van der Waals surface area contributed by atoms with E-state index in [4.69, 9.17) is 4.74 Å². The van der Waals surface area contributed by atoms with Gasteiger partial charge in [-0.3, -0.25) is 0 Å². The summed E-state index contributed by atoms with van der Waals surface area (Å²) in [5.74, 6) is 0.997. The highest BCUT2D eigenvalue weighted by molar-refractivity contribution is 14.1. The summed E-state index contributed by atoms with van der Waals surface area (Å²) in [6.45, 7) is 6.22. The van der Waals surface area contributed by atoms with Crippen molar-refractivity contribution in [1.82, 2.24) is 0 Å². The molecular formula is C11H17IOSi. The van der Waals surface area contributed by atoms with Gasteiger partial charge in [0.1, 0.15) is 11.4 Å². The molecule has 0 radical (unpaired) electrons. The molecule has 0 aliphatic carbocycles. The number of rotatable bonds is 2. The largest absolute Gasteiger partial charge is 0.487 e. The topological polar surface area (TPSA) is 9.23 Å². The Morgan fingerprint density at radius 3 is 2.43 bits per heavy atom. The van der Waals surface area contributed by atoms with E-state index < -0.39 is 0 Å². The summed E-state index contributed by atoms with van der Waals surface area (Å²) >= 11 is 2.34. The van der Waals surface area contributed by atoms with Crippen LogP contribution in [0.2, 0.25) is 0 Å². The lowest BCUT2D eigenvalue weighted by molar-refractivity contribution is 0.129. The van der Waals surface area contributed by atoms with Gasteiger partial charge < -0.3 is 4.74 Å². The molecule has 0 aromatic heterocycles. The molecule has 0 aliphatic rings. The summed E-state index contributed by atoms with van der Waals surface area (Å²) < 4.78 is 7.05. The molecule has 1 nitrogen and oxygen atoms in total. The summed E-state index contributed by atoms with van der Waals surface area (Å²) in [6.07, 6.45) is 0. The number of benzene rings is 1. The van der Waals surface area contributed by atoms with Gasteiger partial charge in [-0.2, -0.15) is 0 Å². The Morgan fingerprint density at radius 2 is 2.00 bits per heavy atom. The van der Waals surface area contributed by atoms with Gasteiger partial charge in [-0.25, -0.2) is 0 Å². The van der Waals surface area contributed by atoms with Gasteiger partial charge in [0.05, 0.1) is 3.57 Å². The summed E-state index contributed by atoms with van der Waals surface area (Å²) in [5.41, 5.74) is 1.31. The number of ether oxygens (including phenoxy) is 1. The fourth-order valence-electron chi connectivity index (χ4n) is 1.18. The van der Waals surface area contributed by atoms with Crippen LogP contribution in [0.5, 0.6) is 5.75 Å². The molecular weight excluding hydrogens is 303 g/mol. The molecule has 0 bridgehead atoms. The van der Waals surface area contributed by atoms with Gasteiger partial charge >= 0.3 is 0 Å². The molecule has 0 saturated carbocycles. The molecule has 0 fully saturated rings. The third-order valence-corrected chi connectivity index (χ3v) is 3.48. The van der Waals surface area contributed by atoms with Crippen LogP contribution in [0.4, 0.5) is 0 Å². The van der Waals surface area contributed by atoms with E-state index in [1.807, 2.05) is 0 Å². The normalized spacial score (nSPS) is 11.7. The molecule has 0 atom stereocenters. The highest BCUT2D eigenvalue weighted by Gasteiger charge is 2.13. The highest BCUT2D eigenvalue weighted by Crippen LogP contribution is 2.25. The zero-order valence-electron chi connectivity index (χ0n) is 9.23. The molecule has 0 unspecified atom stereocenters. The standard InChI is InChI=1S/C11H17IOSi/c1-11(2,3)13-10-5-4-8(7-14)6-9(10)12/h4-6H,7H2,1-3,14H3. The lowest BCUT2D eigenvalue weighted by Crippen LogP contribution is -2.23. The van der Waals surface area contributed by atoms with Crippen LogP contribution in [0.15, 0.2) is 18.2 Å². The van der Waals surface area contributed by atoms with Crippen LogP contribution in [0.3, 0.4) is 0 Å². The molecule has 0 amide bonds. The fourth-order valence-corrected chi connectivity index (χ4v) is 2.31. The average molecular weight is 320 g/mol. The van der Waals surface area contributed by atoms with E-state index in [1.54, 1.807) is 0 Å². The SMILES string of the molecule is CC(C)(C)Oc1ccc(C[SiH3])cc1I. The molecule has 3 heteroatoms. The van der Waals surface area contributed by atoms with E-state index in [1.165, 1.54) is 25.4 Å². The van der Waals surface area contributed by atoms with Crippen molar-refractivity contribution >= 4 is 32.8 Å². The molecule has 1 rings (SSSR count). The van der Waals surface area contributed by atoms with Crippen molar-refractivity contribution in [3.05, 3.63) is 27.3 Å². The minimum atomic E-state index is -0.109. The van der Waals surface area contributed by atoms with Crippen LogP contribution in [0.1, 0.15) is 26.3 Å². The minimum Gasteiger partial charge on any atom is -0.487 e. The maximum absolute atomic E-state index is 5.84. The Hall–Kier alpha value is -0.0331. The first-order chi connectivity index (χ1) is 6.42. The Labute approximate surface area is 103 Å². The predicted octanol–water partition coefficient (Wildman–Crippen LogP) is 2.33. The van der Waals surface area contributed by atoms with Crippen molar-refractivity contribution in [1.29, 1.82) is 0 Å². The van der Waals surface area contributed by atoms with Crippen molar-refractivity contribution in [2.75, 3.05) is 0 Å². The van der Waals surface area contributed by atoms with Gasteiger partial charge in [0.2, 0.25) is 0 Å². The number of hydrogen-bond donors (Lipinski definition) is 0. The molecule has 78 valence electrons. The van der Waals surface area contributed by atoms with Crippen molar-refractivity contribution in [2.45, 2.75) is 32.4 Å². The maximum atomic E-state index is 5.84. The van der Waals surface area contributed by atoms with Crippen LogP contribution >= 0.6 is 22.6 Å². The van der Waals surface area contributed by atoms with Crippen LogP contribution in [-0.4, -0.2) is 15.8 Å². The third kappa shape index (κ3) is 3.61. The van der Waals surface area contributed by atoms with Gasteiger partial charge in [-0.1, -0.05) is 11.6 Å². The van der Waals surface area contributed by atoms with E-state index in [9.17, 15) is 0 Å². The Balaban J connectivity index is 2.89. The first kappa shape index (κ1) is 12.0. The Bertz CT molecular complexity index is 318. The maximum Gasteiger partial charge on any atom is 0.133 e. The molecule has 0 saturated heterocycles. The first-order valence-corrected chi connectivity index (χ1v) is 7.39. The fraction of sp³-hybridized carbons (Fsp3) is 0.455. The molecule has 0 aliphatic heterocycles. The minimum absolute atomic E-state index is 0.109. The molecule has 0 N–H and O–H groups in total. The van der Waals surface area contributed by atoms with E-state index in [0.29, 0.717) is 0 Å². The van der Waals surface area contributed by atoms with E-state index >= 15 is 0 Å². The smallest absolute Gasteiger partial charge is 0.133 e. The van der Waals surface area contributed by atoms with E-state index in [0.717, 1.165) is 5.75 Å². The Morgan fingerprint density at radius 1 is 1.36 bits per heavy atom. The lowest BCUT2D eigenvalue weighted by Gasteiger charge is -2.22. The summed E-state index contributed by atoms with van der Waals surface area (Å²) in [4.78, 5) is 0. The highest BCUT2D eigenvalue weighted by atomic mass is 127. The van der Waals surface area contributed by atoms with Crippen molar-refractivity contribution in [3.63, 3.8) is 0 Å². The van der Waals surface area contributed by atoms with Gasteiger partial charge in [0.15, 0.2) is 0 Å². The monoisotopic (exact) mass is 320 g/mol. The van der Waals surface area contributed by atoms with Gasteiger partial charge in [-0.05, 0) is 61.5 Å². The third-order valence-electron chi connectivity index (χ3n) is 1.82. The van der Waals surface area contributed by atoms with Crippen LogP contribution in [-0.2, 0) is 6.04 Å². The molecule has 0 spiro atoms. The summed E-state index contributed by atoms with van der Waals surface area (Å²) in [5, 5.41) is 0. The van der Waals surface area contributed by atoms with Crippen molar-refractivity contribution in [2.24, 2.45) is 0 Å². The Kier molecular flexibility index (Phi) is 4.01. The van der Waals surface area contributed by atoms with Crippen LogP contribution in [0, 0.1) is 3.57 Å². The van der Waals surface area contributed by atoms with Gasteiger partial charge in [-0.15, -0.1) is 0 Å². The molecule has 14 heavy (non-hydrogen) atoms.